The maximum atomic E-state index is 6.07. The molecule has 1 unspecified atom stereocenters. The second kappa shape index (κ2) is 5.10. The van der Waals surface area contributed by atoms with Crippen molar-refractivity contribution in [1.82, 2.24) is 0 Å². The normalized spacial score (nSPS) is 12.6. The van der Waals surface area contributed by atoms with Crippen LogP contribution in [0.5, 0.6) is 5.75 Å². The molecule has 0 bridgehead atoms. The largest absolute Gasteiger partial charge is 0.495 e. The lowest BCUT2D eigenvalue weighted by atomic mass is 10.0. The number of hydrogen-bond acceptors (Lipinski definition) is 3. The van der Waals surface area contributed by atoms with Crippen LogP contribution < -0.4 is 15.4 Å². The van der Waals surface area contributed by atoms with Gasteiger partial charge >= 0.3 is 0 Å². The van der Waals surface area contributed by atoms with Crippen molar-refractivity contribution in [1.29, 1.82) is 0 Å². The summed E-state index contributed by atoms with van der Waals surface area (Å²) in [5.41, 5.74) is 7.80. The molecule has 0 saturated carbocycles. The Morgan fingerprint density at radius 2 is 1.88 bits per heavy atom. The molecule has 0 fully saturated rings. The lowest BCUT2D eigenvalue weighted by Crippen LogP contribution is -2.33. The third-order valence-electron chi connectivity index (χ3n) is 3.22. The third-order valence-corrected chi connectivity index (χ3v) is 3.22. The van der Waals surface area contributed by atoms with Gasteiger partial charge in [-0.3, -0.25) is 0 Å². The number of para-hydroxylation sites is 1. The summed E-state index contributed by atoms with van der Waals surface area (Å²) in [5.74, 6) is 1.32. The van der Waals surface area contributed by atoms with Gasteiger partial charge < -0.3 is 15.4 Å². The van der Waals surface area contributed by atoms with Gasteiger partial charge in [0.1, 0.15) is 5.75 Å². The zero-order chi connectivity index (χ0) is 12.3. The van der Waals surface area contributed by atoms with Crippen molar-refractivity contribution in [2.24, 2.45) is 5.92 Å². The van der Waals surface area contributed by atoms with Crippen molar-refractivity contribution in [3.05, 3.63) is 18.2 Å². The Hall–Kier alpha value is -1.38. The van der Waals surface area contributed by atoms with Crippen molar-refractivity contribution in [3.8, 4) is 5.75 Å². The van der Waals surface area contributed by atoms with Crippen LogP contribution in [0.25, 0.3) is 0 Å². The molecule has 0 heterocycles. The molecule has 3 nitrogen and oxygen atoms in total. The number of ether oxygens (including phenoxy) is 1. The van der Waals surface area contributed by atoms with Crippen molar-refractivity contribution in [2.45, 2.75) is 26.8 Å². The first-order valence-corrected chi connectivity index (χ1v) is 5.64. The molecule has 1 atom stereocenters. The van der Waals surface area contributed by atoms with E-state index in [4.69, 9.17) is 10.5 Å². The van der Waals surface area contributed by atoms with E-state index in [1.165, 1.54) is 0 Å². The predicted molar refractivity (Wildman–Crippen MR) is 70.1 cm³/mol. The molecular formula is C13H22N2O. The van der Waals surface area contributed by atoms with E-state index in [1.807, 2.05) is 18.2 Å². The third kappa shape index (κ3) is 2.40. The highest BCUT2D eigenvalue weighted by molar-refractivity contribution is 5.74. The van der Waals surface area contributed by atoms with Crippen molar-refractivity contribution in [3.63, 3.8) is 0 Å². The van der Waals surface area contributed by atoms with Crippen LogP contribution in [0.2, 0.25) is 0 Å². The lowest BCUT2D eigenvalue weighted by molar-refractivity contribution is 0.416. The Morgan fingerprint density at radius 1 is 1.25 bits per heavy atom. The van der Waals surface area contributed by atoms with E-state index < -0.39 is 0 Å². The maximum absolute atomic E-state index is 6.07. The van der Waals surface area contributed by atoms with Gasteiger partial charge in [0, 0.05) is 13.1 Å². The molecule has 0 spiro atoms. The molecule has 0 saturated heterocycles. The monoisotopic (exact) mass is 222 g/mol. The van der Waals surface area contributed by atoms with Crippen molar-refractivity contribution >= 4 is 11.4 Å². The molecule has 1 rings (SSSR count). The van der Waals surface area contributed by atoms with Gasteiger partial charge in [0.05, 0.1) is 18.5 Å². The summed E-state index contributed by atoms with van der Waals surface area (Å²) in [7, 11) is 3.71. The first-order valence-electron chi connectivity index (χ1n) is 5.64. The Morgan fingerprint density at radius 3 is 2.38 bits per heavy atom. The molecule has 2 N–H and O–H groups in total. The van der Waals surface area contributed by atoms with Crippen LogP contribution >= 0.6 is 0 Å². The molecule has 0 aliphatic carbocycles. The average molecular weight is 222 g/mol. The van der Waals surface area contributed by atoms with Gasteiger partial charge in [-0.2, -0.15) is 0 Å². The minimum absolute atomic E-state index is 0.439. The zero-order valence-electron chi connectivity index (χ0n) is 10.8. The highest BCUT2D eigenvalue weighted by Gasteiger charge is 2.17. The fraction of sp³-hybridized carbons (Fsp3) is 0.538. The number of nitrogen functional groups attached to an aromatic ring is 1. The van der Waals surface area contributed by atoms with E-state index in [9.17, 15) is 0 Å². The van der Waals surface area contributed by atoms with Crippen LogP contribution in [0, 0.1) is 5.92 Å². The topological polar surface area (TPSA) is 38.5 Å². The number of nitrogens with zero attached hydrogens (tertiary/aromatic N) is 1. The number of hydrogen-bond donors (Lipinski definition) is 1. The Bertz CT molecular complexity index is 350. The molecule has 0 amide bonds. The number of rotatable bonds is 4. The molecular weight excluding hydrogens is 200 g/mol. The van der Waals surface area contributed by atoms with Gasteiger partial charge in [0.25, 0.3) is 0 Å². The van der Waals surface area contributed by atoms with Gasteiger partial charge in [-0.25, -0.2) is 0 Å². The smallest absolute Gasteiger partial charge is 0.143 e. The minimum atomic E-state index is 0.439. The SMILES string of the molecule is COc1cccc(N(C)C(C)C(C)C)c1N. The Balaban J connectivity index is 3.04. The molecule has 0 radical (unpaired) electrons. The van der Waals surface area contributed by atoms with E-state index in [2.05, 4.69) is 32.7 Å². The van der Waals surface area contributed by atoms with E-state index in [-0.39, 0.29) is 0 Å². The van der Waals surface area contributed by atoms with Crippen molar-refractivity contribution < 1.29 is 4.74 Å². The first kappa shape index (κ1) is 12.7. The summed E-state index contributed by atoms with van der Waals surface area (Å²) in [4.78, 5) is 2.20. The van der Waals surface area contributed by atoms with Crippen LogP contribution in [-0.2, 0) is 0 Å². The van der Waals surface area contributed by atoms with E-state index in [1.54, 1.807) is 7.11 Å². The molecule has 0 aliphatic heterocycles. The molecule has 1 aromatic carbocycles. The second-order valence-electron chi connectivity index (χ2n) is 4.49. The highest BCUT2D eigenvalue weighted by atomic mass is 16.5. The summed E-state index contributed by atoms with van der Waals surface area (Å²) < 4.78 is 5.22. The summed E-state index contributed by atoms with van der Waals surface area (Å²) >= 11 is 0. The van der Waals surface area contributed by atoms with E-state index in [0.717, 1.165) is 11.4 Å². The van der Waals surface area contributed by atoms with Crippen LogP contribution in [0.3, 0.4) is 0 Å². The highest BCUT2D eigenvalue weighted by Crippen LogP contribution is 2.33. The predicted octanol–water partition coefficient (Wildman–Crippen LogP) is 2.76. The average Bonchev–Trinajstić information content (AvgIpc) is 2.27. The zero-order valence-corrected chi connectivity index (χ0v) is 10.8. The number of nitrogens with two attached hydrogens (primary N) is 1. The molecule has 90 valence electrons. The summed E-state index contributed by atoms with van der Waals surface area (Å²) in [6, 6.07) is 6.31. The quantitative estimate of drug-likeness (QED) is 0.796. The van der Waals surface area contributed by atoms with Crippen LogP contribution in [0.1, 0.15) is 20.8 Å². The molecule has 16 heavy (non-hydrogen) atoms. The standard InChI is InChI=1S/C13H22N2O/c1-9(2)10(3)15(4)11-7-6-8-12(16-5)13(11)14/h6-10H,14H2,1-5H3. The first-order chi connectivity index (χ1) is 7.49. The Kier molecular flexibility index (Phi) is 4.05. The Labute approximate surface area is 98.2 Å². The van der Waals surface area contributed by atoms with Crippen LogP contribution in [0.4, 0.5) is 11.4 Å². The van der Waals surface area contributed by atoms with Crippen LogP contribution in [-0.4, -0.2) is 20.2 Å². The minimum Gasteiger partial charge on any atom is -0.495 e. The molecule has 0 aliphatic rings. The molecule has 0 aromatic heterocycles. The molecule has 1 aromatic rings. The summed E-state index contributed by atoms with van der Waals surface area (Å²) in [6.45, 7) is 6.61. The number of anilines is 2. The second-order valence-corrected chi connectivity index (χ2v) is 4.49. The van der Waals surface area contributed by atoms with Gasteiger partial charge in [-0.15, -0.1) is 0 Å². The number of methoxy groups -OCH3 is 1. The van der Waals surface area contributed by atoms with Crippen LogP contribution in [0.15, 0.2) is 18.2 Å². The van der Waals surface area contributed by atoms with Gasteiger partial charge in [-0.1, -0.05) is 19.9 Å². The van der Waals surface area contributed by atoms with Gasteiger partial charge in [0.15, 0.2) is 0 Å². The summed E-state index contributed by atoms with van der Waals surface area (Å²) in [5, 5.41) is 0. The maximum Gasteiger partial charge on any atom is 0.143 e. The van der Waals surface area contributed by atoms with E-state index in [0.29, 0.717) is 17.6 Å². The van der Waals surface area contributed by atoms with Gasteiger partial charge in [0.2, 0.25) is 0 Å². The fourth-order valence-electron chi connectivity index (χ4n) is 1.68. The van der Waals surface area contributed by atoms with E-state index >= 15 is 0 Å². The lowest BCUT2D eigenvalue weighted by Gasteiger charge is -2.31. The fourth-order valence-corrected chi connectivity index (χ4v) is 1.68. The van der Waals surface area contributed by atoms with Crippen molar-refractivity contribution in [2.75, 3.05) is 24.8 Å². The molecule has 3 heteroatoms. The summed E-state index contributed by atoms with van der Waals surface area (Å²) in [6.07, 6.45) is 0. The number of benzene rings is 1. The van der Waals surface area contributed by atoms with Gasteiger partial charge in [-0.05, 0) is 25.0 Å².